The predicted molar refractivity (Wildman–Crippen MR) is 109 cm³/mol. The van der Waals surface area contributed by atoms with Crippen LogP contribution in [0.4, 0.5) is 10.5 Å². The summed E-state index contributed by atoms with van der Waals surface area (Å²) in [6.07, 6.45) is 0.642. The maximum Gasteiger partial charge on any atom is 0.317 e. The number of nitriles is 1. The molecular formula is C22H24N4O3. The van der Waals surface area contributed by atoms with Crippen LogP contribution >= 0.6 is 0 Å². The van der Waals surface area contributed by atoms with Crippen LogP contribution in [0.25, 0.3) is 0 Å². The third-order valence-corrected chi connectivity index (χ3v) is 5.20. The first-order valence-electron chi connectivity index (χ1n) is 9.90. The molecular weight excluding hydrogens is 368 g/mol. The Balaban J connectivity index is 1.30. The van der Waals surface area contributed by atoms with Crippen molar-refractivity contribution in [2.75, 3.05) is 44.2 Å². The fourth-order valence-corrected chi connectivity index (χ4v) is 3.68. The van der Waals surface area contributed by atoms with Crippen molar-refractivity contribution in [2.24, 2.45) is 0 Å². The average molecular weight is 392 g/mol. The van der Waals surface area contributed by atoms with Gasteiger partial charge in [0.2, 0.25) is 0 Å². The molecule has 1 atom stereocenters. The molecule has 0 saturated carbocycles. The van der Waals surface area contributed by atoms with E-state index in [1.807, 2.05) is 53.4 Å². The fourth-order valence-electron chi connectivity index (χ4n) is 3.68. The molecule has 1 fully saturated rings. The maximum atomic E-state index is 12.7. The van der Waals surface area contributed by atoms with Crippen molar-refractivity contribution in [2.45, 2.75) is 12.5 Å². The van der Waals surface area contributed by atoms with E-state index in [0.717, 1.165) is 24.4 Å². The second-order valence-corrected chi connectivity index (χ2v) is 7.14. The Hall–Kier alpha value is -3.40. The van der Waals surface area contributed by atoms with Crippen LogP contribution in [0.1, 0.15) is 12.0 Å². The highest BCUT2D eigenvalue weighted by Gasteiger charge is 2.24. The minimum atomic E-state index is -0.208. The van der Waals surface area contributed by atoms with E-state index >= 15 is 0 Å². The number of nitrogens with one attached hydrogen (secondary N) is 1. The Morgan fingerprint density at radius 1 is 1.07 bits per heavy atom. The lowest BCUT2D eigenvalue weighted by Crippen LogP contribution is -2.47. The van der Waals surface area contributed by atoms with Crippen LogP contribution < -0.4 is 19.7 Å². The van der Waals surface area contributed by atoms with Gasteiger partial charge in [-0.2, -0.15) is 5.26 Å². The van der Waals surface area contributed by atoms with Gasteiger partial charge in [0.05, 0.1) is 17.8 Å². The number of nitrogens with zero attached hydrogens (tertiary/aromatic N) is 3. The summed E-state index contributed by atoms with van der Waals surface area (Å²) in [6, 6.07) is 17.3. The number of rotatable bonds is 3. The van der Waals surface area contributed by atoms with Crippen molar-refractivity contribution in [3.8, 4) is 17.6 Å². The monoisotopic (exact) mass is 392 g/mol. The molecule has 2 aromatic rings. The maximum absolute atomic E-state index is 12.7. The Morgan fingerprint density at radius 3 is 2.72 bits per heavy atom. The molecule has 7 heteroatoms. The molecule has 1 N–H and O–H groups in total. The van der Waals surface area contributed by atoms with E-state index < -0.39 is 0 Å². The third-order valence-electron chi connectivity index (χ3n) is 5.20. The van der Waals surface area contributed by atoms with E-state index in [2.05, 4.69) is 16.3 Å². The Morgan fingerprint density at radius 2 is 1.86 bits per heavy atom. The number of hydrogen-bond donors (Lipinski definition) is 1. The van der Waals surface area contributed by atoms with Gasteiger partial charge in [-0.1, -0.05) is 24.3 Å². The van der Waals surface area contributed by atoms with Gasteiger partial charge in [-0.3, -0.25) is 0 Å². The van der Waals surface area contributed by atoms with Crippen LogP contribution in [0.15, 0.2) is 48.5 Å². The van der Waals surface area contributed by atoms with E-state index in [1.54, 1.807) is 0 Å². The summed E-state index contributed by atoms with van der Waals surface area (Å²) in [6.45, 7) is 3.61. The molecule has 29 heavy (non-hydrogen) atoms. The summed E-state index contributed by atoms with van der Waals surface area (Å²) >= 11 is 0. The molecule has 0 spiro atoms. The van der Waals surface area contributed by atoms with Crippen LogP contribution in [0.3, 0.4) is 0 Å². The lowest BCUT2D eigenvalue weighted by atomic mass is 10.1. The Labute approximate surface area is 170 Å². The third kappa shape index (κ3) is 4.37. The highest BCUT2D eigenvalue weighted by Crippen LogP contribution is 2.30. The number of para-hydroxylation sites is 3. The lowest BCUT2D eigenvalue weighted by molar-refractivity contribution is 0.0902. The molecule has 2 heterocycles. The van der Waals surface area contributed by atoms with Gasteiger partial charge in [0.15, 0.2) is 17.6 Å². The lowest BCUT2D eigenvalue weighted by Gasteiger charge is -2.28. The summed E-state index contributed by atoms with van der Waals surface area (Å²) < 4.78 is 11.6. The Kier molecular flexibility index (Phi) is 5.71. The van der Waals surface area contributed by atoms with Crippen LogP contribution in [0, 0.1) is 11.3 Å². The molecule has 0 aromatic heterocycles. The Bertz CT molecular complexity index is 911. The minimum absolute atomic E-state index is 0.0946. The largest absolute Gasteiger partial charge is 0.486 e. The van der Waals surface area contributed by atoms with Gasteiger partial charge >= 0.3 is 6.03 Å². The smallest absolute Gasteiger partial charge is 0.317 e. The zero-order valence-electron chi connectivity index (χ0n) is 16.2. The number of anilines is 1. The molecule has 0 radical (unpaired) electrons. The van der Waals surface area contributed by atoms with Crippen LogP contribution in [-0.4, -0.2) is 56.4 Å². The van der Waals surface area contributed by atoms with Gasteiger partial charge in [0.25, 0.3) is 0 Å². The van der Waals surface area contributed by atoms with Crippen molar-refractivity contribution in [3.63, 3.8) is 0 Å². The standard InChI is InChI=1S/C22H24N4O3/c23-14-17-6-1-2-7-19(17)25-10-5-11-26(13-12-25)22(27)24-15-18-16-28-20-8-3-4-9-21(20)29-18/h1-4,6-9,18H,5,10-13,15-16H2,(H,24,27)/t18-/m1/s1. The summed E-state index contributed by atoms with van der Waals surface area (Å²) in [4.78, 5) is 16.7. The molecule has 7 nitrogen and oxygen atoms in total. The molecule has 0 bridgehead atoms. The summed E-state index contributed by atoms with van der Waals surface area (Å²) in [5.41, 5.74) is 1.60. The van der Waals surface area contributed by atoms with Crippen molar-refractivity contribution >= 4 is 11.7 Å². The number of hydrogen-bond acceptors (Lipinski definition) is 5. The quantitative estimate of drug-likeness (QED) is 0.869. The van der Waals surface area contributed by atoms with Crippen molar-refractivity contribution in [1.29, 1.82) is 5.26 Å². The first-order chi connectivity index (χ1) is 14.2. The van der Waals surface area contributed by atoms with E-state index in [1.165, 1.54) is 0 Å². The van der Waals surface area contributed by atoms with Gasteiger partial charge in [-0.05, 0) is 30.7 Å². The van der Waals surface area contributed by atoms with Gasteiger partial charge in [0, 0.05) is 26.2 Å². The molecule has 2 aliphatic heterocycles. The molecule has 2 aliphatic rings. The van der Waals surface area contributed by atoms with Crippen molar-refractivity contribution < 1.29 is 14.3 Å². The van der Waals surface area contributed by atoms with Crippen molar-refractivity contribution in [3.05, 3.63) is 54.1 Å². The molecule has 150 valence electrons. The van der Waals surface area contributed by atoms with Crippen LogP contribution in [0.2, 0.25) is 0 Å². The van der Waals surface area contributed by atoms with Crippen LogP contribution in [-0.2, 0) is 0 Å². The number of amides is 2. The van der Waals surface area contributed by atoms with E-state index in [-0.39, 0.29) is 12.1 Å². The molecule has 0 aliphatic carbocycles. The molecule has 1 saturated heterocycles. The van der Waals surface area contributed by atoms with Crippen LogP contribution in [0.5, 0.6) is 11.5 Å². The average Bonchev–Trinajstić information content (AvgIpc) is 3.03. The SMILES string of the molecule is N#Cc1ccccc1N1CCCN(C(=O)NC[C@@H]2COc3ccccc3O2)CC1. The minimum Gasteiger partial charge on any atom is -0.486 e. The topological polar surface area (TPSA) is 77.8 Å². The number of carbonyl (C=O) groups excluding carboxylic acids is 1. The number of fused-ring (bicyclic) bond motifs is 1. The number of urea groups is 1. The zero-order chi connectivity index (χ0) is 20.1. The summed E-state index contributed by atoms with van der Waals surface area (Å²) in [7, 11) is 0. The molecule has 0 unspecified atom stereocenters. The van der Waals surface area contributed by atoms with Gasteiger partial charge in [0.1, 0.15) is 12.7 Å². The van der Waals surface area contributed by atoms with Crippen molar-refractivity contribution in [1.82, 2.24) is 10.2 Å². The highest BCUT2D eigenvalue weighted by atomic mass is 16.6. The van der Waals surface area contributed by atoms with E-state index in [4.69, 9.17) is 9.47 Å². The zero-order valence-corrected chi connectivity index (χ0v) is 16.2. The number of ether oxygens (including phenoxy) is 2. The molecule has 4 rings (SSSR count). The summed E-state index contributed by atoms with van der Waals surface area (Å²) in [5.74, 6) is 1.44. The normalized spacial score (nSPS) is 18.5. The first-order valence-corrected chi connectivity index (χ1v) is 9.90. The highest BCUT2D eigenvalue weighted by molar-refractivity contribution is 5.74. The second-order valence-electron chi connectivity index (χ2n) is 7.14. The number of benzene rings is 2. The fraction of sp³-hybridized carbons (Fsp3) is 0.364. The molecule has 2 amide bonds. The predicted octanol–water partition coefficient (Wildman–Crippen LogP) is 2.62. The van der Waals surface area contributed by atoms with Gasteiger partial charge in [-0.25, -0.2) is 4.79 Å². The van der Waals surface area contributed by atoms with Gasteiger partial charge in [-0.15, -0.1) is 0 Å². The summed E-state index contributed by atoms with van der Waals surface area (Å²) in [5, 5.41) is 12.3. The number of carbonyl (C=O) groups is 1. The first kappa shape index (κ1) is 18.9. The van der Waals surface area contributed by atoms with Gasteiger partial charge < -0.3 is 24.6 Å². The van der Waals surface area contributed by atoms with E-state index in [0.29, 0.717) is 44.1 Å². The molecule has 2 aromatic carbocycles. The second kappa shape index (κ2) is 8.74. The van der Waals surface area contributed by atoms with E-state index in [9.17, 15) is 10.1 Å².